The van der Waals surface area contributed by atoms with Gasteiger partial charge in [0.2, 0.25) is 0 Å². The number of aliphatic hydroxyl groups is 1. The highest BCUT2D eigenvalue weighted by molar-refractivity contribution is 6.30. The molecule has 1 aromatic rings. The highest BCUT2D eigenvalue weighted by Gasteiger charge is 2.04. The van der Waals surface area contributed by atoms with Crippen LogP contribution in [0.25, 0.3) is 0 Å². The third-order valence-electron chi connectivity index (χ3n) is 2.03. The second-order valence-corrected chi connectivity index (χ2v) is 3.91. The Balaban J connectivity index is 2.20. The van der Waals surface area contributed by atoms with Gasteiger partial charge in [-0.15, -0.1) is 5.92 Å². The summed E-state index contributed by atoms with van der Waals surface area (Å²) in [6.07, 6.45) is -0.552. The molecule has 0 spiro atoms. The Morgan fingerprint density at radius 3 is 2.76 bits per heavy atom. The maximum Gasteiger partial charge on any atom is 0.119 e. The first-order chi connectivity index (χ1) is 8.22. The predicted octanol–water partition coefficient (Wildman–Crippen LogP) is 1.69. The van der Waals surface area contributed by atoms with E-state index >= 15 is 0 Å². The van der Waals surface area contributed by atoms with Crippen molar-refractivity contribution in [1.82, 2.24) is 5.32 Å². The number of benzene rings is 1. The zero-order valence-electron chi connectivity index (χ0n) is 9.74. The maximum absolute atomic E-state index is 9.60. The summed E-state index contributed by atoms with van der Waals surface area (Å²) in [5, 5.41) is 13.3. The molecule has 4 heteroatoms. The summed E-state index contributed by atoms with van der Waals surface area (Å²) in [5.74, 6) is 6.32. The molecule has 1 unspecified atom stereocenters. The third-order valence-corrected chi connectivity index (χ3v) is 2.28. The summed E-state index contributed by atoms with van der Waals surface area (Å²) < 4.78 is 5.40. The van der Waals surface area contributed by atoms with Gasteiger partial charge in [-0.1, -0.05) is 17.5 Å². The van der Waals surface area contributed by atoms with Crippen molar-refractivity contribution in [3.63, 3.8) is 0 Å². The lowest BCUT2D eigenvalue weighted by Gasteiger charge is -2.12. The number of hydrogen-bond acceptors (Lipinski definition) is 3. The molecule has 0 aliphatic heterocycles. The van der Waals surface area contributed by atoms with Gasteiger partial charge in [0.05, 0.1) is 6.54 Å². The predicted molar refractivity (Wildman–Crippen MR) is 69.3 cm³/mol. The summed E-state index contributed by atoms with van der Waals surface area (Å²) in [5.41, 5.74) is 0. The lowest BCUT2D eigenvalue weighted by molar-refractivity contribution is 0.107. The van der Waals surface area contributed by atoms with Crippen molar-refractivity contribution in [1.29, 1.82) is 0 Å². The average Bonchev–Trinajstić information content (AvgIpc) is 2.34. The van der Waals surface area contributed by atoms with Gasteiger partial charge >= 0.3 is 0 Å². The Hall–Kier alpha value is -1.21. The van der Waals surface area contributed by atoms with Gasteiger partial charge in [0.15, 0.2) is 0 Å². The summed E-state index contributed by atoms with van der Waals surface area (Å²) in [7, 11) is 0. The number of hydrogen-bond donors (Lipinski definition) is 2. The van der Waals surface area contributed by atoms with Crippen molar-refractivity contribution in [2.24, 2.45) is 0 Å². The highest BCUT2D eigenvalue weighted by Crippen LogP contribution is 2.15. The molecule has 2 N–H and O–H groups in total. The molecule has 0 bridgehead atoms. The third kappa shape index (κ3) is 6.18. The minimum Gasteiger partial charge on any atom is -0.491 e. The van der Waals surface area contributed by atoms with Gasteiger partial charge in [0, 0.05) is 11.6 Å². The van der Waals surface area contributed by atoms with Crippen LogP contribution in [0.5, 0.6) is 5.75 Å². The highest BCUT2D eigenvalue weighted by atomic mass is 35.5. The summed E-state index contributed by atoms with van der Waals surface area (Å²) in [6.45, 7) is 3.06. The van der Waals surface area contributed by atoms with Crippen LogP contribution in [0, 0.1) is 11.8 Å². The minimum absolute atomic E-state index is 0.244. The first-order valence-electron chi connectivity index (χ1n) is 5.39. The van der Waals surface area contributed by atoms with Gasteiger partial charge in [0.25, 0.3) is 0 Å². The van der Waals surface area contributed by atoms with Crippen LogP contribution in [0.3, 0.4) is 0 Å². The molecule has 0 aliphatic carbocycles. The van der Waals surface area contributed by atoms with Crippen molar-refractivity contribution in [2.75, 3.05) is 19.7 Å². The normalized spacial score (nSPS) is 11.5. The van der Waals surface area contributed by atoms with Gasteiger partial charge in [0.1, 0.15) is 18.5 Å². The molecule has 0 heterocycles. The van der Waals surface area contributed by atoms with Crippen LogP contribution in [0.2, 0.25) is 5.02 Å². The van der Waals surface area contributed by atoms with Crippen LogP contribution in [-0.4, -0.2) is 30.9 Å². The SMILES string of the molecule is CC#CCNCC(O)COc1ccc(Cl)cc1. The van der Waals surface area contributed by atoms with Gasteiger partial charge in [-0.3, -0.25) is 0 Å². The van der Waals surface area contributed by atoms with Crippen molar-refractivity contribution >= 4 is 11.6 Å². The van der Waals surface area contributed by atoms with E-state index in [0.29, 0.717) is 23.9 Å². The zero-order valence-corrected chi connectivity index (χ0v) is 10.5. The maximum atomic E-state index is 9.60. The first kappa shape index (κ1) is 13.9. The van der Waals surface area contributed by atoms with Crippen LogP contribution in [-0.2, 0) is 0 Å². The van der Waals surface area contributed by atoms with Crippen molar-refractivity contribution in [3.05, 3.63) is 29.3 Å². The van der Waals surface area contributed by atoms with Crippen LogP contribution in [0.15, 0.2) is 24.3 Å². The Morgan fingerprint density at radius 2 is 2.12 bits per heavy atom. The lowest BCUT2D eigenvalue weighted by atomic mass is 10.3. The fourth-order valence-corrected chi connectivity index (χ4v) is 1.30. The number of ether oxygens (including phenoxy) is 1. The summed E-state index contributed by atoms with van der Waals surface area (Å²) in [4.78, 5) is 0. The quantitative estimate of drug-likeness (QED) is 0.599. The topological polar surface area (TPSA) is 41.5 Å². The molecule has 0 radical (unpaired) electrons. The van der Waals surface area contributed by atoms with E-state index < -0.39 is 6.10 Å². The van der Waals surface area contributed by atoms with Crippen LogP contribution < -0.4 is 10.1 Å². The van der Waals surface area contributed by atoms with E-state index in [9.17, 15) is 5.11 Å². The van der Waals surface area contributed by atoms with E-state index in [1.54, 1.807) is 31.2 Å². The van der Waals surface area contributed by atoms with E-state index in [1.807, 2.05) is 0 Å². The molecule has 0 aliphatic rings. The van der Waals surface area contributed by atoms with Gasteiger partial charge in [-0.05, 0) is 31.2 Å². The Kier molecular flexibility index (Phi) is 6.49. The zero-order chi connectivity index (χ0) is 12.5. The molecule has 1 atom stereocenters. The Bertz CT molecular complexity index is 381. The molecular weight excluding hydrogens is 238 g/mol. The van der Waals surface area contributed by atoms with Crippen LogP contribution in [0.4, 0.5) is 0 Å². The van der Waals surface area contributed by atoms with E-state index in [0.717, 1.165) is 0 Å². The lowest BCUT2D eigenvalue weighted by Crippen LogP contribution is -2.31. The van der Waals surface area contributed by atoms with Crippen molar-refractivity contribution in [2.45, 2.75) is 13.0 Å². The molecule has 0 fully saturated rings. The number of halogens is 1. The molecule has 0 saturated carbocycles. The summed E-state index contributed by atoms with van der Waals surface area (Å²) >= 11 is 5.74. The molecule has 0 saturated heterocycles. The standard InChI is InChI=1S/C13H16ClNO2/c1-2-3-8-15-9-12(16)10-17-13-6-4-11(14)5-7-13/h4-7,12,15-16H,8-10H2,1H3. The smallest absolute Gasteiger partial charge is 0.119 e. The summed E-state index contributed by atoms with van der Waals surface area (Å²) in [6, 6.07) is 7.03. The fourth-order valence-electron chi connectivity index (χ4n) is 1.17. The van der Waals surface area contributed by atoms with E-state index in [-0.39, 0.29) is 6.61 Å². The van der Waals surface area contributed by atoms with Crippen molar-refractivity contribution < 1.29 is 9.84 Å². The molecule has 92 valence electrons. The first-order valence-corrected chi connectivity index (χ1v) is 5.77. The minimum atomic E-state index is -0.552. The van der Waals surface area contributed by atoms with E-state index in [4.69, 9.17) is 16.3 Å². The molecule has 3 nitrogen and oxygen atoms in total. The molecule has 1 rings (SSSR count). The van der Waals surface area contributed by atoms with E-state index in [2.05, 4.69) is 17.2 Å². The van der Waals surface area contributed by atoms with E-state index in [1.165, 1.54) is 0 Å². The Labute approximate surface area is 107 Å². The van der Waals surface area contributed by atoms with Crippen LogP contribution in [0.1, 0.15) is 6.92 Å². The number of nitrogens with one attached hydrogen (secondary N) is 1. The molecule has 0 amide bonds. The largest absolute Gasteiger partial charge is 0.491 e. The molecule has 1 aromatic carbocycles. The monoisotopic (exact) mass is 253 g/mol. The second kappa shape index (κ2) is 7.97. The van der Waals surface area contributed by atoms with Crippen LogP contribution >= 0.6 is 11.6 Å². The number of rotatable bonds is 6. The average molecular weight is 254 g/mol. The fraction of sp³-hybridized carbons (Fsp3) is 0.385. The van der Waals surface area contributed by atoms with Gasteiger partial charge in [-0.25, -0.2) is 0 Å². The Morgan fingerprint density at radius 1 is 1.41 bits per heavy atom. The second-order valence-electron chi connectivity index (χ2n) is 3.48. The van der Waals surface area contributed by atoms with Gasteiger partial charge in [-0.2, -0.15) is 0 Å². The molecular formula is C13H16ClNO2. The van der Waals surface area contributed by atoms with Crippen molar-refractivity contribution in [3.8, 4) is 17.6 Å². The van der Waals surface area contributed by atoms with Gasteiger partial charge < -0.3 is 15.2 Å². The number of aliphatic hydroxyl groups excluding tert-OH is 1. The molecule has 17 heavy (non-hydrogen) atoms. The molecule has 0 aromatic heterocycles.